The van der Waals surface area contributed by atoms with Gasteiger partial charge in [-0.3, -0.25) is 0 Å². The van der Waals surface area contributed by atoms with Crippen molar-refractivity contribution in [3.8, 4) is 33.4 Å². The van der Waals surface area contributed by atoms with Crippen LogP contribution in [0.1, 0.15) is 16.7 Å². The van der Waals surface area contributed by atoms with Crippen LogP contribution in [-0.4, -0.2) is 0 Å². The van der Waals surface area contributed by atoms with Crippen molar-refractivity contribution >= 4 is 47.8 Å². The van der Waals surface area contributed by atoms with Crippen molar-refractivity contribution in [2.75, 3.05) is 0 Å². The summed E-state index contributed by atoms with van der Waals surface area (Å²) in [6.45, 7) is 6.46. The van der Waals surface area contributed by atoms with Crippen LogP contribution in [0.4, 0.5) is 0 Å². The Morgan fingerprint density at radius 3 is 2.10 bits per heavy atom. The molecule has 0 saturated heterocycles. The van der Waals surface area contributed by atoms with Gasteiger partial charge >= 0.3 is 0 Å². The van der Waals surface area contributed by atoms with Crippen molar-refractivity contribution in [2.45, 2.75) is 20.8 Å². The first kappa shape index (κ1) is 21.5. The summed E-state index contributed by atoms with van der Waals surface area (Å²) in [5.41, 5.74) is 10.8. The number of rotatable bonds is 3. The molecular weight excluding hydrogens is 564 g/mol. The lowest BCUT2D eigenvalue weighted by Crippen LogP contribution is -1.97. The van der Waals surface area contributed by atoms with Crippen LogP contribution in [0.5, 0.6) is 0 Å². The SMILES string of the molecule is Cc1ccc(Br)c(-c2c(C)[c]cc(-c3cc(Br)ccc3Br)c2-c2ccccc2C)c1. The molecule has 0 aliphatic heterocycles. The van der Waals surface area contributed by atoms with E-state index < -0.39 is 0 Å². The Balaban J connectivity index is 2.17. The van der Waals surface area contributed by atoms with E-state index in [4.69, 9.17) is 0 Å². The van der Waals surface area contributed by atoms with E-state index in [1.807, 2.05) is 0 Å². The number of hydrogen-bond donors (Lipinski definition) is 0. The Bertz CT molecular complexity index is 1260. The summed E-state index contributed by atoms with van der Waals surface area (Å²) in [7, 11) is 0. The van der Waals surface area contributed by atoms with E-state index in [0.29, 0.717) is 0 Å². The molecule has 0 amide bonds. The lowest BCUT2D eigenvalue weighted by Gasteiger charge is -2.21. The molecule has 4 aromatic carbocycles. The standard InChI is InChI=1S/C27H20Br3/c1-16-8-12-25(30)23(14-16)26-18(3)9-11-21(22-15-19(28)10-13-24(22)29)27(26)20-7-5-4-6-17(20)2/h4-8,10-15H,1-3H3. The van der Waals surface area contributed by atoms with Gasteiger partial charge < -0.3 is 0 Å². The van der Waals surface area contributed by atoms with Crippen LogP contribution in [0.3, 0.4) is 0 Å². The fourth-order valence-corrected chi connectivity index (χ4v) is 5.13. The fraction of sp³-hybridized carbons (Fsp3) is 0.111. The van der Waals surface area contributed by atoms with Crippen molar-refractivity contribution in [1.82, 2.24) is 0 Å². The maximum Gasteiger partial charge on any atom is 0.0254 e. The zero-order valence-corrected chi connectivity index (χ0v) is 21.7. The second kappa shape index (κ2) is 8.82. The number of hydrogen-bond acceptors (Lipinski definition) is 0. The van der Waals surface area contributed by atoms with Gasteiger partial charge in [-0.1, -0.05) is 89.8 Å². The Morgan fingerprint density at radius 2 is 1.33 bits per heavy atom. The van der Waals surface area contributed by atoms with Gasteiger partial charge in [0.2, 0.25) is 0 Å². The molecule has 0 atom stereocenters. The van der Waals surface area contributed by atoms with Gasteiger partial charge in [0.1, 0.15) is 0 Å². The minimum atomic E-state index is 1.05. The zero-order chi connectivity index (χ0) is 21.4. The predicted octanol–water partition coefficient (Wildman–Crippen LogP) is 9.70. The van der Waals surface area contributed by atoms with Crippen molar-refractivity contribution < 1.29 is 0 Å². The highest BCUT2D eigenvalue weighted by Gasteiger charge is 2.20. The van der Waals surface area contributed by atoms with Crippen LogP contribution >= 0.6 is 47.8 Å². The molecule has 4 aromatic rings. The lowest BCUT2D eigenvalue weighted by atomic mass is 9.83. The Hall–Kier alpha value is -1.68. The molecule has 0 saturated carbocycles. The minimum Gasteiger partial charge on any atom is -0.0620 e. The average Bonchev–Trinajstić information content (AvgIpc) is 2.72. The monoisotopic (exact) mass is 581 g/mol. The summed E-state index contributed by atoms with van der Waals surface area (Å²) < 4.78 is 3.20. The van der Waals surface area contributed by atoms with Crippen LogP contribution in [0.25, 0.3) is 33.4 Å². The summed E-state index contributed by atoms with van der Waals surface area (Å²) in [5, 5.41) is 0. The van der Waals surface area contributed by atoms with Gasteiger partial charge in [0.05, 0.1) is 0 Å². The molecule has 0 aliphatic rings. The zero-order valence-electron chi connectivity index (χ0n) is 17.0. The van der Waals surface area contributed by atoms with Crippen molar-refractivity contribution in [1.29, 1.82) is 0 Å². The first-order valence-electron chi connectivity index (χ1n) is 9.70. The molecule has 0 spiro atoms. The van der Waals surface area contributed by atoms with E-state index in [9.17, 15) is 0 Å². The Morgan fingerprint density at radius 1 is 0.633 bits per heavy atom. The maximum absolute atomic E-state index is 3.80. The molecule has 1 radical (unpaired) electrons. The van der Waals surface area contributed by atoms with Crippen molar-refractivity contribution in [2.24, 2.45) is 0 Å². The lowest BCUT2D eigenvalue weighted by molar-refractivity contribution is 1.38. The summed E-state index contributed by atoms with van der Waals surface area (Å²) in [6, 6.07) is 27.1. The van der Waals surface area contributed by atoms with Gasteiger partial charge in [-0.2, -0.15) is 0 Å². The molecule has 0 N–H and O–H groups in total. The third-order valence-corrected chi connectivity index (χ3v) is 7.23. The molecule has 30 heavy (non-hydrogen) atoms. The normalized spacial score (nSPS) is 11.0. The van der Waals surface area contributed by atoms with E-state index in [1.165, 1.54) is 33.4 Å². The maximum atomic E-state index is 3.80. The molecule has 0 aliphatic carbocycles. The van der Waals surface area contributed by atoms with Crippen LogP contribution in [0, 0.1) is 26.8 Å². The van der Waals surface area contributed by atoms with Crippen molar-refractivity contribution in [3.63, 3.8) is 0 Å². The number of halogens is 3. The average molecular weight is 584 g/mol. The third kappa shape index (κ3) is 4.08. The molecule has 0 unspecified atom stereocenters. The molecule has 3 heteroatoms. The second-order valence-electron chi connectivity index (χ2n) is 7.50. The predicted molar refractivity (Wildman–Crippen MR) is 139 cm³/mol. The third-order valence-electron chi connectivity index (χ3n) is 5.35. The molecule has 0 heterocycles. The van der Waals surface area contributed by atoms with Gasteiger partial charge in [-0.05, 0) is 102 Å². The largest absolute Gasteiger partial charge is 0.0620 e. The van der Waals surface area contributed by atoms with E-state index in [2.05, 4.69) is 141 Å². The first-order valence-corrected chi connectivity index (χ1v) is 12.1. The topological polar surface area (TPSA) is 0 Å². The van der Waals surface area contributed by atoms with Crippen LogP contribution in [-0.2, 0) is 0 Å². The highest BCUT2D eigenvalue weighted by Crippen LogP contribution is 2.46. The van der Waals surface area contributed by atoms with Gasteiger partial charge in [0, 0.05) is 13.4 Å². The molecule has 0 fully saturated rings. The van der Waals surface area contributed by atoms with Gasteiger partial charge in [-0.25, -0.2) is 0 Å². The fourth-order valence-electron chi connectivity index (χ4n) is 3.86. The second-order valence-corrected chi connectivity index (χ2v) is 10.1. The molecule has 0 bridgehead atoms. The summed E-state index contributed by atoms with van der Waals surface area (Å²) in [5.74, 6) is 0. The van der Waals surface area contributed by atoms with Gasteiger partial charge in [0.25, 0.3) is 0 Å². The van der Waals surface area contributed by atoms with Gasteiger partial charge in [-0.15, -0.1) is 0 Å². The molecule has 149 valence electrons. The minimum absolute atomic E-state index is 1.05. The van der Waals surface area contributed by atoms with Crippen LogP contribution in [0.15, 0.2) is 80.1 Å². The Labute approximate surface area is 203 Å². The van der Waals surface area contributed by atoms with E-state index >= 15 is 0 Å². The molecule has 0 aromatic heterocycles. The highest BCUT2D eigenvalue weighted by atomic mass is 79.9. The molecule has 4 rings (SSSR count). The number of aryl methyl sites for hydroxylation is 3. The van der Waals surface area contributed by atoms with E-state index in [-0.39, 0.29) is 0 Å². The van der Waals surface area contributed by atoms with Crippen molar-refractivity contribution in [3.05, 3.63) is 103 Å². The molecule has 0 nitrogen and oxygen atoms in total. The molecular formula is C27H20Br3. The van der Waals surface area contributed by atoms with Gasteiger partial charge in [0.15, 0.2) is 0 Å². The quantitative estimate of drug-likeness (QED) is 0.225. The van der Waals surface area contributed by atoms with E-state index in [1.54, 1.807) is 0 Å². The first-order chi connectivity index (χ1) is 14.4. The van der Waals surface area contributed by atoms with Crippen LogP contribution in [0.2, 0.25) is 0 Å². The Kier molecular flexibility index (Phi) is 6.34. The smallest absolute Gasteiger partial charge is 0.0254 e. The highest BCUT2D eigenvalue weighted by molar-refractivity contribution is 9.11. The summed E-state index contributed by atoms with van der Waals surface area (Å²) in [4.78, 5) is 0. The van der Waals surface area contributed by atoms with Crippen LogP contribution < -0.4 is 0 Å². The summed E-state index contributed by atoms with van der Waals surface area (Å²) >= 11 is 11.2. The number of benzene rings is 4. The van der Waals surface area contributed by atoms with E-state index in [0.717, 1.165) is 30.1 Å². The summed E-state index contributed by atoms with van der Waals surface area (Å²) in [6.07, 6.45) is 0.